The van der Waals surface area contributed by atoms with E-state index < -0.39 is 0 Å². The van der Waals surface area contributed by atoms with Gasteiger partial charge in [0, 0.05) is 13.1 Å². The van der Waals surface area contributed by atoms with Crippen LogP contribution in [-0.2, 0) is 11.3 Å². The standard InChI is InChI=1S/C23H24N2O2S2/c1-2-11-25(16-19-6-3-5-18(14-19)15-24)22(26)17-27-21-9-7-20(8-10-21)23-28-12-4-13-29-23/h2-3,5-10,14,23H,1,4,11-13,16-17H2. The van der Waals surface area contributed by atoms with Crippen LogP contribution in [-0.4, -0.2) is 35.5 Å². The quantitative estimate of drug-likeness (QED) is 0.557. The topological polar surface area (TPSA) is 53.3 Å². The average Bonchev–Trinajstić information content (AvgIpc) is 2.78. The molecule has 2 aromatic carbocycles. The highest BCUT2D eigenvalue weighted by atomic mass is 32.2. The van der Waals surface area contributed by atoms with Crippen LogP contribution in [0.1, 0.15) is 27.7 Å². The molecule has 3 rings (SSSR count). The van der Waals surface area contributed by atoms with Gasteiger partial charge in [0.15, 0.2) is 6.61 Å². The molecule has 1 amide bonds. The number of carbonyl (C=O) groups is 1. The molecule has 1 aliphatic heterocycles. The minimum atomic E-state index is -0.116. The highest BCUT2D eigenvalue weighted by Gasteiger charge is 2.17. The zero-order valence-electron chi connectivity index (χ0n) is 16.3. The lowest BCUT2D eigenvalue weighted by Crippen LogP contribution is -2.34. The molecule has 1 aliphatic rings. The summed E-state index contributed by atoms with van der Waals surface area (Å²) in [4.78, 5) is 14.3. The summed E-state index contributed by atoms with van der Waals surface area (Å²) >= 11 is 3.97. The van der Waals surface area contributed by atoms with E-state index in [1.54, 1.807) is 23.1 Å². The summed E-state index contributed by atoms with van der Waals surface area (Å²) < 4.78 is 6.22. The van der Waals surface area contributed by atoms with Crippen LogP contribution < -0.4 is 4.74 Å². The molecule has 1 heterocycles. The summed E-state index contributed by atoms with van der Waals surface area (Å²) in [7, 11) is 0. The van der Waals surface area contributed by atoms with Gasteiger partial charge in [-0.15, -0.1) is 30.1 Å². The van der Waals surface area contributed by atoms with Crippen LogP contribution >= 0.6 is 23.5 Å². The number of benzene rings is 2. The Labute approximate surface area is 180 Å². The van der Waals surface area contributed by atoms with Gasteiger partial charge in [0.1, 0.15) is 5.75 Å². The minimum Gasteiger partial charge on any atom is -0.484 e. The first-order chi connectivity index (χ1) is 14.2. The fraction of sp³-hybridized carbons (Fsp3) is 0.304. The number of amides is 1. The largest absolute Gasteiger partial charge is 0.484 e. The number of hydrogen-bond acceptors (Lipinski definition) is 5. The van der Waals surface area contributed by atoms with Gasteiger partial charge in [-0.05, 0) is 53.3 Å². The maximum Gasteiger partial charge on any atom is 0.261 e. The highest BCUT2D eigenvalue weighted by Crippen LogP contribution is 2.43. The Bertz CT molecular complexity index is 871. The molecule has 0 radical (unpaired) electrons. The molecule has 0 saturated carbocycles. The Morgan fingerprint density at radius 3 is 2.69 bits per heavy atom. The number of nitriles is 1. The van der Waals surface area contributed by atoms with Crippen molar-refractivity contribution in [3.63, 3.8) is 0 Å². The summed E-state index contributed by atoms with van der Waals surface area (Å²) in [5, 5.41) is 9.05. The Morgan fingerprint density at radius 1 is 1.24 bits per heavy atom. The number of nitrogens with zero attached hydrogens (tertiary/aromatic N) is 2. The first-order valence-corrected chi connectivity index (χ1v) is 11.6. The molecule has 0 N–H and O–H groups in total. The van der Waals surface area contributed by atoms with E-state index >= 15 is 0 Å². The predicted octanol–water partition coefficient (Wildman–Crippen LogP) is 5.02. The van der Waals surface area contributed by atoms with Gasteiger partial charge >= 0.3 is 0 Å². The lowest BCUT2D eigenvalue weighted by Gasteiger charge is -2.22. The van der Waals surface area contributed by atoms with E-state index in [1.165, 1.54) is 23.5 Å². The highest BCUT2D eigenvalue weighted by molar-refractivity contribution is 8.16. The van der Waals surface area contributed by atoms with Crippen LogP contribution in [0.4, 0.5) is 0 Å². The summed E-state index contributed by atoms with van der Waals surface area (Å²) in [6.45, 7) is 4.55. The van der Waals surface area contributed by atoms with E-state index in [-0.39, 0.29) is 12.5 Å². The van der Waals surface area contributed by atoms with Crippen LogP contribution in [0.25, 0.3) is 0 Å². The fourth-order valence-corrected chi connectivity index (χ4v) is 5.90. The third-order valence-electron chi connectivity index (χ3n) is 4.47. The first kappa shape index (κ1) is 21.4. The Kier molecular flexibility index (Phi) is 8.09. The molecule has 4 nitrogen and oxygen atoms in total. The SMILES string of the molecule is C=CCN(Cc1cccc(C#N)c1)C(=O)COc1ccc(C2SCCCS2)cc1. The second-order valence-electron chi connectivity index (χ2n) is 6.66. The maximum absolute atomic E-state index is 12.7. The number of carbonyl (C=O) groups excluding carboxylic acids is 1. The van der Waals surface area contributed by atoms with Gasteiger partial charge in [0.2, 0.25) is 0 Å². The van der Waals surface area contributed by atoms with E-state index in [9.17, 15) is 4.79 Å². The molecule has 0 spiro atoms. The van der Waals surface area contributed by atoms with Gasteiger partial charge in [-0.25, -0.2) is 0 Å². The van der Waals surface area contributed by atoms with Crippen LogP contribution in [0.3, 0.4) is 0 Å². The third-order valence-corrected chi connectivity index (χ3v) is 7.49. The number of rotatable bonds is 8. The van der Waals surface area contributed by atoms with Crippen LogP contribution in [0.2, 0.25) is 0 Å². The molecule has 0 aliphatic carbocycles. The molecule has 150 valence electrons. The Balaban J connectivity index is 1.56. The van der Waals surface area contributed by atoms with Crippen molar-refractivity contribution in [3.05, 3.63) is 77.9 Å². The average molecular weight is 425 g/mol. The fourth-order valence-electron chi connectivity index (χ4n) is 3.01. The molecule has 0 aromatic heterocycles. The van der Waals surface area contributed by atoms with Gasteiger partial charge in [-0.2, -0.15) is 5.26 Å². The van der Waals surface area contributed by atoms with Crippen LogP contribution in [0, 0.1) is 11.3 Å². The normalized spacial score (nSPS) is 14.0. The van der Waals surface area contributed by atoms with Crippen molar-refractivity contribution in [2.24, 2.45) is 0 Å². The van der Waals surface area contributed by atoms with E-state index in [1.807, 2.05) is 47.8 Å². The van der Waals surface area contributed by atoms with Gasteiger partial charge in [-0.3, -0.25) is 4.79 Å². The predicted molar refractivity (Wildman–Crippen MR) is 121 cm³/mol. The summed E-state index contributed by atoms with van der Waals surface area (Å²) in [6, 6.07) is 17.5. The maximum atomic E-state index is 12.7. The van der Waals surface area contributed by atoms with Crippen molar-refractivity contribution >= 4 is 29.4 Å². The van der Waals surface area contributed by atoms with Gasteiger partial charge in [0.05, 0.1) is 16.2 Å². The second-order valence-corrected chi connectivity index (χ2v) is 9.38. The molecule has 1 saturated heterocycles. The smallest absolute Gasteiger partial charge is 0.261 e. The van der Waals surface area contributed by atoms with Crippen LogP contribution in [0.15, 0.2) is 61.2 Å². The number of thioether (sulfide) groups is 2. The first-order valence-electron chi connectivity index (χ1n) is 9.53. The second kappa shape index (κ2) is 11.0. The van der Waals surface area contributed by atoms with Crippen molar-refractivity contribution in [2.75, 3.05) is 24.7 Å². The van der Waals surface area contributed by atoms with Crippen molar-refractivity contribution in [3.8, 4) is 11.8 Å². The molecule has 29 heavy (non-hydrogen) atoms. The minimum absolute atomic E-state index is 0.0297. The Hall–Kier alpha value is -2.36. The van der Waals surface area contributed by atoms with Gasteiger partial charge in [0.25, 0.3) is 5.91 Å². The molecular weight excluding hydrogens is 400 g/mol. The van der Waals surface area contributed by atoms with E-state index in [0.29, 0.717) is 29.0 Å². The zero-order valence-corrected chi connectivity index (χ0v) is 17.9. The summed E-state index contributed by atoms with van der Waals surface area (Å²) in [5.74, 6) is 2.99. The summed E-state index contributed by atoms with van der Waals surface area (Å²) in [6.07, 6.45) is 2.97. The molecular formula is C23H24N2O2S2. The number of hydrogen-bond donors (Lipinski definition) is 0. The molecule has 1 fully saturated rings. The molecule has 0 bridgehead atoms. The summed E-state index contributed by atoms with van der Waals surface area (Å²) in [5.41, 5.74) is 2.79. The lowest BCUT2D eigenvalue weighted by atomic mass is 10.1. The van der Waals surface area contributed by atoms with Crippen molar-refractivity contribution in [1.82, 2.24) is 4.90 Å². The zero-order chi connectivity index (χ0) is 20.5. The van der Waals surface area contributed by atoms with E-state index in [0.717, 1.165) is 5.56 Å². The number of ether oxygens (including phenoxy) is 1. The van der Waals surface area contributed by atoms with Crippen molar-refractivity contribution in [2.45, 2.75) is 17.5 Å². The molecule has 0 atom stereocenters. The molecule has 2 aromatic rings. The van der Waals surface area contributed by atoms with Gasteiger partial charge in [-0.1, -0.05) is 30.3 Å². The van der Waals surface area contributed by atoms with Crippen molar-refractivity contribution in [1.29, 1.82) is 5.26 Å². The molecule has 0 unspecified atom stereocenters. The van der Waals surface area contributed by atoms with Crippen molar-refractivity contribution < 1.29 is 9.53 Å². The monoisotopic (exact) mass is 424 g/mol. The Morgan fingerprint density at radius 2 is 2.00 bits per heavy atom. The third kappa shape index (κ3) is 6.31. The molecule has 6 heteroatoms. The van der Waals surface area contributed by atoms with Crippen LogP contribution in [0.5, 0.6) is 5.75 Å². The lowest BCUT2D eigenvalue weighted by molar-refractivity contribution is -0.133. The van der Waals surface area contributed by atoms with Gasteiger partial charge < -0.3 is 9.64 Å². The van der Waals surface area contributed by atoms with E-state index in [2.05, 4.69) is 24.8 Å². The van der Waals surface area contributed by atoms with E-state index in [4.69, 9.17) is 10.00 Å².